The van der Waals surface area contributed by atoms with Crippen LogP contribution in [-0.2, 0) is 9.59 Å². The Morgan fingerprint density at radius 1 is 1.43 bits per heavy atom. The molecule has 0 saturated heterocycles. The van der Waals surface area contributed by atoms with Crippen LogP contribution in [0, 0.1) is 12.7 Å². The van der Waals surface area contributed by atoms with Crippen molar-refractivity contribution in [1.29, 1.82) is 0 Å². The molecule has 1 amide bonds. The van der Waals surface area contributed by atoms with Crippen molar-refractivity contribution in [2.75, 3.05) is 6.61 Å². The van der Waals surface area contributed by atoms with E-state index in [0.29, 0.717) is 12.8 Å². The number of carboxylic acids is 1. The van der Waals surface area contributed by atoms with Crippen LogP contribution in [0.15, 0.2) is 18.2 Å². The van der Waals surface area contributed by atoms with E-state index < -0.39 is 30.3 Å². The topological polar surface area (TPSA) is 75.6 Å². The summed E-state index contributed by atoms with van der Waals surface area (Å²) in [5, 5.41) is 11.4. The lowest BCUT2D eigenvalue weighted by Crippen LogP contribution is -2.42. The molecule has 2 N–H and O–H groups in total. The molecule has 0 aliphatic carbocycles. The first kappa shape index (κ1) is 16.9. The van der Waals surface area contributed by atoms with Gasteiger partial charge >= 0.3 is 5.97 Å². The monoisotopic (exact) mass is 297 g/mol. The zero-order chi connectivity index (χ0) is 15.8. The number of hydrogen-bond acceptors (Lipinski definition) is 3. The molecular weight excluding hydrogens is 277 g/mol. The summed E-state index contributed by atoms with van der Waals surface area (Å²) in [6.45, 7) is 3.29. The Morgan fingerprint density at radius 3 is 2.76 bits per heavy atom. The molecule has 0 aromatic heterocycles. The van der Waals surface area contributed by atoms with Gasteiger partial charge in [-0.1, -0.05) is 25.8 Å². The Labute approximate surface area is 123 Å². The van der Waals surface area contributed by atoms with Crippen LogP contribution in [0.3, 0.4) is 0 Å². The molecule has 0 bridgehead atoms. The average molecular weight is 297 g/mol. The van der Waals surface area contributed by atoms with Crippen LogP contribution in [0.4, 0.5) is 4.39 Å². The van der Waals surface area contributed by atoms with Gasteiger partial charge in [-0.05, 0) is 31.0 Å². The summed E-state index contributed by atoms with van der Waals surface area (Å²) in [6.07, 6.45) is 1.89. The van der Waals surface area contributed by atoms with E-state index in [9.17, 15) is 14.0 Å². The molecule has 1 atom stereocenters. The van der Waals surface area contributed by atoms with Gasteiger partial charge in [0.05, 0.1) is 0 Å². The number of carboxylic acid groups (broad SMARTS) is 1. The highest BCUT2D eigenvalue weighted by atomic mass is 19.1. The summed E-state index contributed by atoms with van der Waals surface area (Å²) in [6, 6.07) is 3.38. The fraction of sp³-hybridized carbons (Fsp3) is 0.467. The van der Waals surface area contributed by atoms with Crippen molar-refractivity contribution < 1.29 is 23.8 Å². The molecule has 6 heteroatoms. The van der Waals surface area contributed by atoms with E-state index in [4.69, 9.17) is 9.84 Å². The molecule has 5 nitrogen and oxygen atoms in total. The van der Waals surface area contributed by atoms with Crippen molar-refractivity contribution in [3.63, 3.8) is 0 Å². The maximum atomic E-state index is 13.4. The maximum absolute atomic E-state index is 13.4. The fourth-order valence-electron chi connectivity index (χ4n) is 1.77. The Bertz CT molecular complexity index is 504. The lowest BCUT2D eigenvalue weighted by Gasteiger charge is -2.14. The number of nitrogens with one attached hydrogen (secondary N) is 1. The molecule has 1 aromatic carbocycles. The highest BCUT2D eigenvalue weighted by Gasteiger charge is 2.19. The highest BCUT2D eigenvalue weighted by molar-refractivity contribution is 5.84. The van der Waals surface area contributed by atoms with Crippen molar-refractivity contribution >= 4 is 11.9 Å². The number of halogens is 1. The van der Waals surface area contributed by atoms with Crippen molar-refractivity contribution in [2.24, 2.45) is 0 Å². The van der Waals surface area contributed by atoms with Gasteiger partial charge in [-0.25, -0.2) is 9.18 Å². The number of ether oxygens (including phenoxy) is 1. The van der Waals surface area contributed by atoms with E-state index in [0.717, 1.165) is 12.0 Å². The second kappa shape index (κ2) is 8.24. The Hall–Kier alpha value is -2.11. The first-order valence-corrected chi connectivity index (χ1v) is 6.85. The summed E-state index contributed by atoms with van der Waals surface area (Å²) in [4.78, 5) is 22.7. The van der Waals surface area contributed by atoms with Gasteiger partial charge in [0.15, 0.2) is 18.2 Å². The van der Waals surface area contributed by atoms with Crippen LogP contribution in [0.2, 0.25) is 0 Å². The number of hydrogen-bond donors (Lipinski definition) is 2. The van der Waals surface area contributed by atoms with Crippen LogP contribution in [0.1, 0.15) is 31.7 Å². The first-order chi connectivity index (χ1) is 9.93. The minimum Gasteiger partial charge on any atom is -0.481 e. The van der Waals surface area contributed by atoms with E-state index in [-0.39, 0.29) is 5.75 Å². The Balaban J connectivity index is 2.52. The first-order valence-electron chi connectivity index (χ1n) is 6.85. The van der Waals surface area contributed by atoms with Gasteiger partial charge in [0.1, 0.15) is 6.04 Å². The van der Waals surface area contributed by atoms with Gasteiger partial charge in [-0.15, -0.1) is 0 Å². The van der Waals surface area contributed by atoms with Gasteiger partial charge in [-0.2, -0.15) is 0 Å². The molecular formula is C15H20FNO4. The van der Waals surface area contributed by atoms with Crippen molar-refractivity contribution in [1.82, 2.24) is 5.32 Å². The van der Waals surface area contributed by atoms with Gasteiger partial charge in [0, 0.05) is 0 Å². The number of aryl methyl sites for hydroxylation is 1. The molecule has 0 unspecified atom stereocenters. The summed E-state index contributed by atoms with van der Waals surface area (Å²) in [5.41, 5.74) is 0.804. The maximum Gasteiger partial charge on any atom is 0.326 e. The highest BCUT2D eigenvalue weighted by Crippen LogP contribution is 2.18. The fourth-order valence-corrected chi connectivity index (χ4v) is 1.77. The number of aliphatic carboxylic acids is 1. The van der Waals surface area contributed by atoms with E-state index in [1.54, 1.807) is 13.0 Å². The largest absolute Gasteiger partial charge is 0.481 e. The normalized spacial score (nSPS) is 11.8. The van der Waals surface area contributed by atoms with Crippen molar-refractivity contribution in [2.45, 2.75) is 39.2 Å². The Morgan fingerprint density at radius 2 is 2.14 bits per heavy atom. The quantitative estimate of drug-likeness (QED) is 0.772. The molecule has 0 aliphatic rings. The van der Waals surface area contributed by atoms with Gasteiger partial charge in [0.25, 0.3) is 5.91 Å². The lowest BCUT2D eigenvalue weighted by atomic mass is 10.1. The minimum absolute atomic E-state index is 0.0226. The van der Waals surface area contributed by atoms with Crippen LogP contribution in [0.5, 0.6) is 5.75 Å². The third kappa shape index (κ3) is 5.81. The van der Waals surface area contributed by atoms with Gasteiger partial charge in [0.2, 0.25) is 0 Å². The zero-order valence-corrected chi connectivity index (χ0v) is 12.2. The van der Waals surface area contributed by atoms with Gasteiger partial charge in [-0.3, -0.25) is 4.79 Å². The summed E-state index contributed by atoms with van der Waals surface area (Å²) in [5.74, 6) is -2.25. The second-order valence-corrected chi connectivity index (χ2v) is 4.82. The van der Waals surface area contributed by atoms with Crippen LogP contribution >= 0.6 is 0 Å². The third-order valence-corrected chi connectivity index (χ3v) is 2.93. The molecule has 0 heterocycles. The molecule has 0 radical (unpaired) electrons. The standard InChI is InChI=1S/C15H20FNO4/c1-3-4-5-12(15(19)20)17-14(18)9-21-13-8-10(2)6-7-11(13)16/h6-8,12H,3-5,9H2,1-2H3,(H,17,18)(H,19,20)/t12-/m0/s1. The van der Waals surface area contributed by atoms with E-state index >= 15 is 0 Å². The molecule has 0 saturated carbocycles. The number of benzene rings is 1. The SMILES string of the molecule is CCCC[C@H](NC(=O)COc1cc(C)ccc1F)C(=O)O. The number of rotatable bonds is 8. The molecule has 0 spiro atoms. The number of amides is 1. The number of unbranched alkanes of at least 4 members (excludes halogenated alkanes) is 1. The summed E-state index contributed by atoms with van der Waals surface area (Å²) in [7, 11) is 0. The van der Waals surface area contributed by atoms with Gasteiger partial charge < -0.3 is 15.2 Å². The Kier molecular flexibility index (Phi) is 6.65. The van der Waals surface area contributed by atoms with Crippen LogP contribution in [-0.4, -0.2) is 29.6 Å². The van der Waals surface area contributed by atoms with E-state index in [1.165, 1.54) is 12.1 Å². The minimum atomic E-state index is -1.08. The predicted octanol–water partition coefficient (Wildman–Crippen LogP) is 2.27. The lowest BCUT2D eigenvalue weighted by molar-refractivity contribution is -0.142. The molecule has 0 fully saturated rings. The molecule has 116 valence electrons. The third-order valence-electron chi connectivity index (χ3n) is 2.93. The summed E-state index contributed by atoms with van der Waals surface area (Å²) >= 11 is 0. The van der Waals surface area contributed by atoms with Crippen molar-refractivity contribution in [3.05, 3.63) is 29.6 Å². The van der Waals surface area contributed by atoms with Crippen molar-refractivity contribution in [3.8, 4) is 5.75 Å². The van der Waals surface area contributed by atoms with E-state index in [1.807, 2.05) is 6.92 Å². The molecule has 1 aromatic rings. The number of carbonyl (C=O) groups excluding carboxylic acids is 1. The van der Waals surface area contributed by atoms with Crippen LogP contribution in [0.25, 0.3) is 0 Å². The molecule has 1 rings (SSSR count). The smallest absolute Gasteiger partial charge is 0.326 e. The number of carbonyl (C=O) groups is 2. The average Bonchev–Trinajstić information content (AvgIpc) is 2.44. The van der Waals surface area contributed by atoms with E-state index in [2.05, 4.69) is 5.32 Å². The zero-order valence-electron chi connectivity index (χ0n) is 12.2. The second-order valence-electron chi connectivity index (χ2n) is 4.82. The predicted molar refractivity (Wildman–Crippen MR) is 75.7 cm³/mol. The molecule has 0 aliphatic heterocycles. The molecule has 21 heavy (non-hydrogen) atoms. The summed E-state index contributed by atoms with van der Waals surface area (Å²) < 4.78 is 18.5. The van der Waals surface area contributed by atoms with Crippen LogP contribution < -0.4 is 10.1 Å².